The average Bonchev–Trinajstić information content (AvgIpc) is 3.28. The number of rotatable bonds is 3. The number of oxazole rings is 1. The van der Waals surface area contributed by atoms with E-state index in [4.69, 9.17) is 4.42 Å². The van der Waals surface area contributed by atoms with Crippen molar-refractivity contribution >= 4 is 34.6 Å². The zero-order valence-corrected chi connectivity index (χ0v) is 15.2. The number of nitrogens with zero attached hydrogens (tertiary/aromatic N) is 1. The first kappa shape index (κ1) is 17.2. The number of nitrogens with one attached hydrogen (secondary N) is 3. The third-order valence-electron chi connectivity index (χ3n) is 5.36. The first-order chi connectivity index (χ1) is 13.9. The molecule has 4 amide bonds. The third-order valence-corrected chi connectivity index (χ3v) is 5.36. The standard InChI is InChI=1S/C20H16N4O5/c25-16(10-24-14-3-1-2-4-15(14)29-19(24)28)21-13-6-5-11-8-20(9-12(11)7-13)17(26)22-18(27)23-20/h1-7H,8-10H2,(H,21,25)(H2,22,23,26,27). The van der Waals surface area contributed by atoms with E-state index in [1.807, 2.05) is 6.07 Å². The molecule has 3 N–H and O–H groups in total. The highest BCUT2D eigenvalue weighted by atomic mass is 16.4. The summed E-state index contributed by atoms with van der Waals surface area (Å²) >= 11 is 0. The number of aromatic nitrogens is 1. The Morgan fingerprint density at radius 2 is 1.90 bits per heavy atom. The van der Waals surface area contributed by atoms with Gasteiger partial charge in [-0.3, -0.25) is 19.5 Å². The Labute approximate surface area is 163 Å². The number of fused-ring (bicyclic) bond motifs is 2. The number of urea groups is 1. The van der Waals surface area contributed by atoms with Gasteiger partial charge in [0.2, 0.25) is 5.91 Å². The Morgan fingerprint density at radius 1 is 1.10 bits per heavy atom. The smallest absolute Gasteiger partial charge is 0.408 e. The highest BCUT2D eigenvalue weighted by Gasteiger charge is 2.49. The second-order valence-corrected chi connectivity index (χ2v) is 7.30. The third kappa shape index (κ3) is 2.78. The van der Waals surface area contributed by atoms with Gasteiger partial charge in [0.15, 0.2) is 5.58 Å². The van der Waals surface area contributed by atoms with Gasteiger partial charge in [0, 0.05) is 18.5 Å². The SMILES string of the molecule is O=C(Cn1c(=O)oc2ccccc21)Nc1ccc2c(c1)CC1(C2)NC(=O)NC1=O. The molecule has 2 heterocycles. The van der Waals surface area contributed by atoms with Crippen LogP contribution >= 0.6 is 0 Å². The van der Waals surface area contributed by atoms with E-state index in [2.05, 4.69) is 16.0 Å². The molecule has 1 aromatic heterocycles. The van der Waals surface area contributed by atoms with Gasteiger partial charge in [-0.25, -0.2) is 9.59 Å². The van der Waals surface area contributed by atoms with E-state index in [-0.39, 0.29) is 18.4 Å². The van der Waals surface area contributed by atoms with Crippen molar-refractivity contribution in [1.82, 2.24) is 15.2 Å². The summed E-state index contributed by atoms with van der Waals surface area (Å²) in [6.07, 6.45) is 0.764. The van der Waals surface area contributed by atoms with Crippen molar-refractivity contribution in [3.05, 3.63) is 64.1 Å². The lowest BCUT2D eigenvalue weighted by Gasteiger charge is -2.18. The van der Waals surface area contributed by atoms with Crippen LogP contribution in [0.15, 0.2) is 51.7 Å². The van der Waals surface area contributed by atoms with Crippen LogP contribution in [-0.4, -0.2) is 28.0 Å². The second-order valence-electron chi connectivity index (χ2n) is 7.30. The van der Waals surface area contributed by atoms with Crippen molar-refractivity contribution in [3.63, 3.8) is 0 Å². The number of anilines is 1. The van der Waals surface area contributed by atoms with Crippen molar-refractivity contribution in [2.45, 2.75) is 24.9 Å². The van der Waals surface area contributed by atoms with Crippen LogP contribution in [0.1, 0.15) is 11.1 Å². The number of hydrogen-bond donors (Lipinski definition) is 3. The molecule has 9 heteroatoms. The summed E-state index contributed by atoms with van der Waals surface area (Å²) in [5.41, 5.74) is 2.39. The van der Waals surface area contributed by atoms with Crippen LogP contribution in [0.25, 0.3) is 11.1 Å². The maximum atomic E-state index is 12.5. The van der Waals surface area contributed by atoms with Crippen LogP contribution in [0.4, 0.5) is 10.5 Å². The summed E-state index contributed by atoms with van der Waals surface area (Å²) in [7, 11) is 0. The van der Waals surface area contributed by atoms with Gasteiger partial charge in [0.1, 0.15) is 12.1 Å². The Balaban J connectivity index is 1.34. The molecule has 2 aromatic carbocycles. The number of carbonyl (C=O) groups excluding carboxylic acids is 3. The molecule has 1 aliphatic carbocycles. The fraction of sp³-hybridized carbons (Fsp3) is 0.200. The second kappa shape index (κ2) is 6.06. The molecule has 1 unspecified atom stereocenters. The first-order valence-electron chi connectivity index (χ1n) is 9.07. The van der Waals surface area contributed by atoms with Crippen molar-refractivity contribution in [1.29, 1.82) is 0 Å². The highest BCUT2D eigenvalue weighted by Crippen LogP contribution is 2.33. The van der Waals surface area contributed by atoms with Crippen LogP contribution < -0.4 is 21.7 Å². The lowest BCUT2D eigenvalue weighted by Crippen LogP contribution is -2.47. The van der Waals surface area contributed by atoms with Crippen LogP contribution in [0.3, 0.4) is 0 Å². The predicted octanol–water partition coefficient (Wildman–Crippen LogP) is 0.910. The molecule has 2 aliphatic rings. The number of imide groups is 1. The summed E-state index contributed by atoms with van der Waals surface area (Å²) in [6.45, 7) is -0.185. The van der Waals surface area contributed by atoms with Crippen LogP contribution in [0.5, 0.6) is 0 Å². The molecule has 29 heavy (non-hydrogen) atoms. The molecule has 1 saturated heterocycles. The van der Waals surface area contributed by atoms with Gasteiger partial charge in [-0.05, 0) is 35.4 Å². The molecule has 5 rings (SSSR count). The zero-order chi connectivity index (χ0) is 20.2. The van der Waals surface area contributed by atoms with Gasteiger partial charge < -0.3 is 15.1 Å². The van der Waals surface area contributed by atoms with E-state index in [0.717, 1.165) is 11.1 Å². The molecule has 0 bridgehead atoms. The molecular weight excluding hydrogens is 376 g/mol. The highest BCUT2D eigenvalue weighted by molar-refractivity contribution is 6.08. The molecule has 0 radical (unpaired) electrons. The molecule has 0 saturated carbocycles. The maximum Gasteiger partial charge on any atom is 0.420 e. The van der Waals surface area contributed by atoms with Crippen LogP contribution in [0.2, 0.25) is 0 Å². The van der Waals surface area contributed by atoms with E-state index < -0.39 is 17.3 Å². The minimum absolute atomic E-state index is 0.185. The summed E-state index contributed by atoms with van der Waals surface area (Å²) < 4.78 is 6.41. The molecule has 1 fully saturated rings. The zero-order valence-electron chi connectivity index (χ0n) is 15.2. The predicted molar refractivity (Wildman–Crippen MR) is 102 cm³/mol. The number of para-hydroxylation sites is 2. The maximum absolute atomic E-state index is 12.5. The Kier molecular flexibility index (Phi) is 3.60. The molecule has 3 aromatic rings. The molecule has 1 spiro atoms. The van der Waals surface area contributed by atoms with Crippen LogP contribution in [-0.2, 0) is 29.0 Å². The summed E-state index contributed by atoms with van der Waals surface area (Å²) in [6, 6.07) is 11.8. The van der Waals surface area contributed by atoms with Gasteiger partial charge in [-0.1, -0.05) is 18.2 Å². The van der Waals surface area contributed by atoms with E-state index in [0.29, 0.717) is 29.6 Å². The van der Waals surface area contributed by atoms with E-state index in [1.165, 1.54) is 4.57 Å². The molecule has 146 valence electrons. The quantitative estimate of drug-likeness (QED) is 0.572. The monoisotopic (exact) mass is 392 g/mol. The van der Waals surface area contributed by atoms with Crippen LogP contribution in [0, 0.1) is 0 Å². The van der Waals surface area contributed by atoms with Crippen molar-refractivity contribution in [3.8, 4) is 0 Å². The molecule has 1 aliphatic heterocycles. The van der Waals surface area contributed by atoms with Crippen molar-refractivity contribution < 1.29 is 18.8 Å². The van der Waals surface area contributed by atoms with Gasteiger partial charge >= 0.3 is 11.8 Å². The Hall–Kier alpha value is -3.88. The Bertz CT molecular complexity index is 1260. The fourth-order valence-corrected chi connectivity index (χ4v) is 4.04. The average molecular weight is 392 g/mol. The van der Waals surface area contributed by atoms with Gasteiger partial charge in [0.25, 0.3) is 5.91 Å². The number of amides is 4. The van der Waals surface area contributed by atoms with Gasteiger partial charge in [-0.2, -0.15) is 0 Å². The number of hydrogen-bond acceptors (Lipinski definition) is 5. The normalized spacial score (nSPS) is 20.0. The molecular formula is C20H16N4O5. The largest absolute Gasteiger partial charge is 0.420 e. The topological polar surface area (TPSA) is 122 Å². The summed E-state index contributed by atoms with van der Waals surface area (Å²) in [4.78, 5) is 48.2. The Morgan fingerprint density at radius 3 is 2.69 bits per heavy atom. The summed E-state index contributed by atoms with van der Waals surface area (Å²) in [5.74, 6) is -1.31. The lowest BCUT2D eigenvalue weighted by atomic mass is 9.96. The molecule has 9 nitrogen and oxygen atoms in total. The lowest BCUT2D eigenvalue weighted by molar-refractivity contribution is -0.123. The minimum Gasteiger partial charge on any atom is -0.408 e. The van der Waals surface area contributed by atoms with Crippen molar-refractivity contribution in [2.75, 3.05) is 5.32 Å². The summed E-state index contributed by atoms with van der Waals surface area (Å²) in [5, 5.41) is 7.75. The number of carbonyl (C=O) groups is 3. The van der Waals surface area contributed by atoms with Crippen molar-refractivity contribution in [2.24, 2.45) is 0 Å². The molecule has 1 atom stereocenters. The first-order valence-corrected chi connectivity index (χ1v) is 9.07. The van der Waals surface area contributed by atoms with Gasteiger partial charge in [0.05, 0.1) is 5.52 Å². The van der Waals surface area contributed by atoms with Gasteiger partial charge in [-0.15, -0.1) is 0 Å². The number of benzene rings is 2. The van der Waals surface area contributed by atoms with E-state index in [1.54, 1.807) is 36.4 Å². The van der Waals surface area contributed by atoms with E-state index in [9.17, 15) is 19.2 Å². The van der Waals surface area contributed by atoms with E-state index >= 15 is 0 Å². The minimum atomic E-state index is -0.953. The fourth-order valence-electron chi connectivity index (χ4n) is 4.04.